The Bertz CT molecular complexity index is 441. The molecule has 0 atom stereocenters. The van der Waals surface area contributed by atoms with Crippen LogP contribution >= 0.6 is 23.2 Å². The summed E-state index contributed by atoms with van der Waals surface area (Å²) in [6.45, 7) is 3.43. The molecule has 1 rings (SSSR count). The molecule has 1 N–H and O–H groups in total. The predicted molar refractivity (Wildman–Crippen MR) is 68.7 cm³/mol. The maximum Gasteiger partial charge on any atom is 0.270 e. The number of hydrogen-bond acceptors (Lipinski definition) is 2. The number of halogens is 2. The Balaban J connectivity index is 3.09. The standard InChI is InChI=1S/C11H16Cl2N2O2/c1-11(2,6-16)15(4)10(17)8-5-7(12)9(13)14(8)3/h5,16H,6H2,1-4H3. The molecular weight excluding hydrogens is 263 g/mol. The average molecular weight is 279 g/mol. The van der Waals surface area contributed by atoms with Gasteiger partial charge in [-0.15, -0.1) is 0 Å². The van der Waals surface area contributed by atoms with Gasteiger partial charge in [0.25, 0.3) is 5.91 Å². The number of amides is 1. The van der Waals surface area contributed by atoms with Gasteiger partial charge in [0.2, 0.25) is 0 Å². The first-order valence-electron chi connectivity index (χ1n) is 5.12. The van der Waals surface area contributed by atoms with Crippen molar-refractivity contribution in [3.05, 3.63) is 21.9 Å². The third-order valence-electron chi connectivity index (χ3n) is 2.94. The van der Waals surface area contributed by atoms with E-state index in [0.29, 0.717) is 15.9 Å². The fraction of sp³-hybridized carbons (Fsp3) is 0.545. The van der Waals surface area contributed by atoms with Crippen LogP contribution in [0, 0.1) is 0 Å². The average Bonchev–Trinajstić information content (AvgIpc) is 2.55. The Morgan fingerprint density at radius 1 is 1.53 bits per heavy atom. The van der Waals surface area contributed by atoms with Crippen LogP contribution < -0.4 is 0 Å². The smallest absolute Gasteiger partial charge is 0.270 e. The van der Waals surface area contributed by atoms with Gasteiger partial charge in [0.1, 0.15) is 10.8 Å². The van der Waals surface area contributed by atoms with Crippen molar-refractivity contribution in [3.8, 4) is 0 Å². The molecular formula is C11H16Cl2N2O2. The van der Waals surface area contributed by atoms with Gasteiger partial charge >= 0.3 is 0 Å². The summed E-state index contributed by atoms with van der Waals surface area (Å²) in [5.74, 6) is -0.236. The SMILES string of the molecule is CN(C(=O)c1cc(Cl)c(Cl)n1C)C(C)(C)CO. The lowest BCUT2D eigenvalue weighted by Crippen LogP contribution is -2.48. The molecule has 0 aliphatic rings. The molecule has 0 spiro atoms. The second-order valence-corrected chi connectivity index (χ2v) is 5.33. The van der Waals surface area contributed by atoms with E-state index in [1.165, 1.54) is 15.5 Å². The summed E-state index contributed by atoms with van der Waals surface area (Å²) < 4.78 is 1.52. The Labute approximate surface area is 111 Å². The van der Waals surface area contributed by atoms with Gasteiger partial charge < -0.3 is 14.6 Å². The van der Waals surface area contributed by atoms with Gasteiger partial charge in [-0.2, -0.15) is 0 Å². The molecule has 0 bridgehead atoms. The predicted octanol–water partition coefficient (Wildman–Crippen LogP) is 2.17. The zero-order valence-corrected chi connectivity index (χ0v) is 11.8. The second kappa shape index (κ2) is 4.88. The van der Waals surface area contributed by atoms with Crippen LogP contribution in [0.15, 0.2) is 6.07 Å². The summed E-state index contributed by atoms with van der Waals surface area (Å²) in [5, 5.41) is 9.90. The van der Waals surface area contributed by atoms with E-state index in [9.17, 15) is 9.90 Å². The lowest BCUT2D eigenvalue weighted by atomic mass is 10.0. The molecule has 1 heterocycles. The van der Waals surface area contributed by atoms with Gasteiger partial charge in [-0.1, -0.05) is 23.2 Å². The van der Waals surface area contributed by atoms with Crippen molar-refractivity contribution in [1.29, 1.82) is 0 Å². The first kappa shape index (κ1) is 14.4. The molecule has 96 valence electrons. The molecule has 1 aromatic heterocycles. The highest BCUT2D eigenvalue weighted by Gasteiger charge is 2.29. The third kappa shape index (κ3) is 2.59. The number of carbonyl (C=O) groups is 1. The number of carbonyl (C=O) groups excluding carboxylic acids is 1. The van der Waals surface area contributed by atoms with E-state index in [2.05, 4.69) is 0 Å². The molecule has 0 saturated carbocycles. The number of nitrogens with zero attached hydrogens (tertiary/aromatic N) is 2. The monoisotopic (exact) mass is 278 g/mol. The normalized spacial score (nSPS) is 11.7. The molecule has 6 heteroatoms. The maximum atomic E-state index is 12.2. The van der Waals surface area contributed by atoms with Gasteiger partial charge in [-0.3, -0.25) is 4.79 Å². The molecule has 0 fully saturated rings. The number of rotatable bonds is 3. The molecule has 0 aliphatic heterocycles. The fourth-order valence-corrected chi connectivity index (χ4v) is 1.68. The Morgan fingerprint density at radius 2 is 2.06 bits per heavy atom. The Kier molecular flexibility index (Phi) is 4.12. The Morgan fingerprint density at radius 3 is 2.41 bits per heavy atom. The van der Waals surface area contributed by atoms with Gasteiger partial charge in [0.05, 0.1) is 17.2 Å². The number of likely N-dealkylation sites (N-methyl/N-ethyl adjacent to an activating group) is 1. The van der Waals surface area contributed by atoms with E-state index in [4.69, 9.17) is 23.2 Å². The zero-order chi connectivity index (χ0) is 13.4. The molecule has 0 aromatic carbocycles. The first-order chi connectivity index (χ1) is 7.72. The second-order valence-electron chi connectivity index (χ2n) is 4.56. The highest BCUT2D eigenvalue weighted by Crippen LogP contribution is 2.26. The van der Waals surface area contributed by atoms with Crippen molar-refractivity contribution in [3.63, 3.8) is 0 Å². The van der Waals surface area contributed by atoms with Crippen LogP contribution in [-0.4, -0.2) is 39.7 Å². The zero-order valence-electron chi connectivity index (χ0n) is 10.3. The van der Waals surface area contributed by atoms with E-state index in [0.717, 1.165) is 0 Å². The summed E-state index contributed by atoms with van der Waals surface area (Å²) >= 11 is 11.8. The molecule has 0 aliphatic carbocycles. The van der Waals surface area contributed by atoms with E-state index in [-0.39, 0.29) is 12.5 Å². The summed E-state index contributed by atoms with van der Waals surface area (Å²) in [4.78, 5) is 13.7. The fourth-order valence-electron chi connectivity index (χ4n) is 1.30. The summed E-state index contributed by atoms with van der Waals surface area (Å²) in [6, 6.07) is 1.52. The largest absolute Gasteiger partial charge is 0.394 e. The van der Waals surface area contributed by atoms with E-state index >= 15 is 0 Å². The van der Waals surface area contributed by atoms with Gasteiger partial charge in [0.15, 0.2) is 0 Å². The minimum absolute atomic E-state index is 0.124. The van der Waals surface area contributed by atoms with Crippen LogP contribution in [0.5, 0.6) is 0 Å². The lowest BCUT2D eigenvalue weighted by molar-refractivity contribution is 0.0464. The van der Waals surface area contributed by atoms with Crippen LogP contribution in [0.1, 0.15) is 24.3 Å². The lowest BCUT2D eigenvalue weighted by Gasteiger charge is -2.33. The quantitative estimate of drug-likeness (QED) is 0.921. The highest BCUT2D eigenvalue weighted by molar-refractivity contribution is 6.41. The van der Waals surface area contributed by atoms with Gasteiger partial charge in [-0.25, -0.2) is 0 Å². The molecule has 1 amide bonds. The minimum atomic E-state index is -0.639. The molecule has 0 unspecified atom stereocenters. The molecule has 0 saturated heterocycles. The van der Waals surface area contributed by atoms with Crippen molar-refractivity contribution in [2.75, 3.05) is 13.7 Å². The van der Waals surface area contributed by atoms with Crippen LogP contribution in [0.4, 0.5) is 0 Å². The number of hydrogen-bond donors (Lipinski definition) is 1. The third-order valence-corrected chi connectivity index (χ3v) is 3.78. The van der Waals surface area contributed by atoms with Gasteiger partial charge in [0, 0.05) is 14.1 Å². The van der Waals surface area contributed by atoms with Crippen molar-refractivity contribution >= 4 is 29.1 Å². The van der Waals surface area contributed by atoms with Crippen molar-refractivity contribution in [2.45, 2.75) is 19.4 Å². The minimum Gasteiger partial charge on any atom is -0.394 e. The van der Waals surface area contributed by atoms with Crippen LogP contribution in [0.3, 0.4) is 0 Å². The van der Waals surface area contributed by atoms with E-state index < -0.39 is 5.54 Å². The number of aromatic nitrogens is 1. The number of aliphatic hydroxyl groups is 1. The van der Waals surface area contributed by atoms with E-state index in [1.54, 1.807) is 27.9 Å². The summed E-state index contributed by atoms with van der Waals surface area (Å²) in [6.07, 6.45) is 0. The van der Waals surface area contributed by atoms with Crippen molar-refractivity contribution < 1.29 is 9.90 Å². The van der Waals surface area contributed by atoms with Crippen LogP contribution in [0.25, 0.3) is 0 Å². The van der Waals surface area contributed by atoms with Crippen molar-refractivity contribution in [1.82, 2.24) is 9.47 Å². The molecule has 0 radical (unpaired) electrons. The first-order valence-corrected chi connectivity index (χ1v) is 5.87. The highest BCUT2D eigenvalue weighted by atomic mass is 35.5. The van der Waals surface area contributed by atoms with Gasteiger partial charge in [-0.05, 0) is 19.9 Å². The molecule has 4 nitrogen and oxygen atoms in total. The Hall–Kier alpha value is -0.710. The number of aliphatic hydroxyl groups excluding tert-OH is 1. The summed E-state index contributed by atoms with van der Waals surface area (Å²) in [7, 11) is 3.30. The summed E-state index contributed by atoms with van der Waals surface area (Å²) in [5.41, 5.74) is -0.246. The van der Waals surface area contributed by atoms with Crippen LogP contribution in [-0.2, 0) is 7.05 Å². The van der Waals surface area contributed by atoms with Crippen LogP contribution in [0.2, 0.25) is 10.2 Å². The van der Waals surface area contributed by atoms with E-state index in [1.807, 2.05) is 0 Å². The topological polar surface area (TPSA) is 45.5 Å². The maximum absolute atomic E-state index is 12.2. The molecule has 1 aromatic rings. The molecule has 17 heavy (non-hydrogen) atoms. The van der Waals surface area contributed by atoms with Crippen molar-refractivity contribution in [2.24, 2.45) is 7.05 Å².